The number of ether oxygens (including phenoxy) is 3. The molecule has 102 valence electrons. The molecule has 0 bridgehead atoms. The fourth-order valence-corrected chi connectivity index (χ4v) is 1.70. The molecule has 2 N–H and O–H groups in total. The topological polar surface area (TPSA) is 53.7 Å². The lowest BCUT2D eigenvalue weighted by Gasteiger charge is -2.19. The highest BCUT2D eigenvalue weighted by Gasteiger charge is 2.18. The Hall–Kier alpha value is -1.39. The van der Waals surface area contributed by atoms with E-state index >= 15 is 0 Å². The van der Waals surface area contributed by atoms with Crippen LogP contribution < -0.4 is 19.9 Å². The van der Waals surface area contributed by atoms with Gasteiger partial charge in [-0.25, -0.2) is 0 Å². The van der Waals surface area contributed by atoms with E-state index in [1.807, 2.05) is 0 Å². The van der Waals surface area contributed by atoms with Crippen LogP contribution in [-0.4, -0.2) is 21.3 Å². The molecule has 0 aromatic heterocycles. The summed E-state index contributed by atoms with van der Waals surface area (Å²) < 4.78 is 15.8. The van der Waals surface area contributed by atoms with Gasteiger partial charge >= 0.3 is 0 Å². The highest BCUT2D eigenvalue weighted by atomic mass is 35.5. The van der Waals surface area contributed by atoms with Crippen LogP contribution >= 0.6 is 12.4 Å². The maximum absolute atomic E-state index is 6.08. The van der Waals surface area contributed by atoms with E-state index in [4.69, 9.17) is 19.9 Å². The van der Waals surface area contributed by atoms with Gasteiger partial charge in [0.15, 0.2) is 0 Å². The van der Waals surface area contributed by atoms with Gasteiger partial charge in [0, 0.05) is 18.2 Å². The average molecular weight is 274 g/mol. The summed E-state index contributed by atoms with van der Waals surface area (Å²) in [6.45, 7) is 3.68. The third-order valence-electron chi connectivity index (χ3n) is 2.54. The largest absolute Gasteiger partial charge is 0.496 e. The summed E-state index contributed by atoms with van der Waals surface area (Å²) in [5.74, 6) is 2.00. The molecule has 1 atom stereocenters. The smallest absolute Gasteiger partial charge is 0.131 e. The van der Waals surface area contributed by atoms with Crippen LogP contribution in [0.5, 0.6) is 17.2 Å². The summed E-state index contributed by atoms with van der Waals surface area (Å²) in [5.41, 5.74) is 6.91. The zero-order valence-electron chi connectivity index (χ0n) is 10.9. The molecule has 1 aromatic carbocycles. The number of methoxy groups -OCH3 is 3. The molecule has 0 aliphatic heterocycles. The second-order valence-electron chi connectivity index (χ2n) is 3.58. The van der Waals surface area contributed by atoms with E-state index in [2.05, 4.69) is 6.58 Å². The van der Waals surface area contributed by atoms with E-state index in [9.17, 15) is 0 Å². The van der Waals surface area contributed by atoms with Crippen molar-refractivity contribution in [2.45, 2.75) is 12.5 Å². The molecular formula is C13H20ClNO3. The van der Waals surface area contributed by atoms with Crippen LogP contribution in [0.15, 0.2) is 24.8 Å². The zero-order valence-corrected chi connectivity index (χ0v) is 11.8. The molecule has 1 rings (SSSR count). The summed E-state index contributed by atoms with van der Waals surface area (Å²) in [7, 11) is 4.79. The van der Waals surface area contributed by atoms with Gasteiger partial charge in [-0.05, 0) is 6.42 Å². The first-order chi connectivity index (χ1) is 8.17. The minimum absolute atomic E-state index is 0. The molecule has 18 heavy (non-hydrogen) atoms. The number of halogens is 1. The van der Waals surface area contributed by atoms with Crippen LogP contribution in [0, 0.1) is 0 Å². The van der Waals surface area contributed by atoms with Crippen molar-refractivity contribution in [2.75, 3.05) is 21.3 Å². The van der Waals surface area contributed by atoms with Crippen LogP contribution in [0.4, 0.5) is 0 Å². The summed E-state index contributed by atoms with van der Waals surface area (Å²) >= 11 is 0. The van der Waals surface area contributed by atoms with E-state index in [-0.39, 0.29) is 18.4 Å². The zero-order chi connectivity index (χ0) is 12.8. The highest BCUT2D eigenvalue weighted by molar-refractivity contribution is 5.85. The number of nitrogens with two attached hydrogens (primary N) is 1. The summed E-state index contributed by atoms with van der Waals surface area (Å²) in [5, 5.41) is 0. The number of hydrogen-bond acceptors (Lipinski definition) is 4. The van der Waals surface area contributed by atoms with Crippen LogP contribution in [0.1, 0.15) is 18.0 Å². The first-order valence-corrected chi connectivity index (χ1v) is 5.34. The van der Waals surface area contributed by atoms with Crippen molar-refractivity contribution in [3.8, 4) is 17.2 Å². The van der Waals surface area contributed by atoms with Gasteiger partial charge in [0.2, 0.25) is 0 Å². The number of rotatable bonds is 6. The van der Waals surface area contributed by atoms with Crippen molar-refractivity contribution in [2.24, 2.45) is 5.73 Å². The van der Waals surface area contributed by atoms with Gasteiger partial charge in [-0.1, -0.05) is 6.08 Å². The Labute approximate surface area is 114 Å². The first kappa shape index (κ1) is 16.6. The fourth-order valence-electron chi connectivity index (χ4n) is 1.70. The molecule has 1 aromatic rings. The number of benzene rings is 1. The van der Waals surface area contributed by atoms with Crippen molar-refractivity contribution in [3.63, 3.8) is 0 Å². The van der Waals surface area contributed by atoms with E-state index in [0.717, 1.165) is 5.56 Å². The third-order valence-corrected chi connectivity index (χ3v) is 2.54. The van der Waals surface area contributed by atoms with Gasteiger partial charge in [-0.2, -0.15) is 0 Å². The van der Waals surface area contributed by atoms with E-state index < -0.39 is 0 Å². The van der Waals surface area contributed by atoms with Gasteiger partial charge in [0.05, 0.1) is 26.9 Å². The summed E-state index contributed by atoms with van der Waals surface area (Å²) in [4.78, 5) is 0. The molecule has 5 heteroatoms. The van der Waals surface area contributed by atoms with Gasteiger partial charge in [0.25, 0.3) is 0 Å². The molecule has 0 saturated carbocycles. The normalized spacial score (nSPS) is 11.1. The van der Waals surface area contributed by atoms with Crippen LogP contribution in [-0.2, 0) is 0 Å². The monoisotopic (exact) mass is 273 g/mol. The Morgan fingerprint density at radius 2 is 1.67 bits per heavy atom. The maximum atomic E-state index is 6.08. The Kier molecular flexibility index (Phi) is 7.24. The Morgan fingerprint density at radius 1 is 1.17 bits per heavy atom. The predicted molar refractivity (Wildman–Crippen MR) is 75.1 cm³/mol. The number of hydrogen-bond donors (Lipinski definition) is 1. The Balaban J connectivity index is 0.00000289. The van der Waals surface area contributed by atoms with E-state index in [1.54, 1.807) is 39.5 Å². The Bertz CT molecular complexity index is 371. The minimum Gasteiger partial charge on any atom is -0.496 e. The predicted octanol–water partition coefficient (Wildman–Crippen LogP) is 2.71. The standard InChI is InChI=1S/C13H19NO3.ClH/c1-5-6-10(14)13-11(16-3)7-9(15-2)8-12(13)17-4;/h5,7-8,10H,1,6,14H2,2-4H3;1H/t10-;/m1./s1. The van der Waals surface area contributed by atoms with Crippen molar-refractivity contribution in [1.82, 2.24) is 0 Å². The van der Waals surface area contributed by atoms with Crippen molar-refractivity contribution in [3.05, 3.63) is 30.4 Å². The lowest BCUT2D eigenvalue weighted by atomic mass is 10.0. The molecule has 0 aliphatic rings. The molecule has 0 saturated heterocycles. The molecule has 0 radical (unpaired) electrons. The van der Waals surface area contributed by atoms with Gasteiger partial charge in [-0.3, -0.25) is 0 Å². The van der Waals surface area contributed by atoms with Gasteiger partial charge in [0.1, 0.15) is 17.2 Å². The highest BCUT2D eigenvalue weighted by Crippen LogP contribution is 2.38. The molecular weight excluding hydrogens is 254 g/mol. The molecule has 0 amide bonds. The summed E-state index contributed by atoms with van der Waals surface area (Å²) in [6, 6.07) is 3.38. The van der Waals surface area contributed by atoms with Crippen molar-refractivity contribution >= 4 is 12.4 Å². The lowest BCUT2D eigenvalue weighted by molar-refractivity contribution is 0.364. The van der Waals surface area contributed by atoms with Crippen molar-refractivity contribution in [1.29, 1.82) is 0 Å². The second-order valence-corrected chi connectivity index (χ2v) is 3.58. The quantitative estimate of drug-likeness (QED) is 0.810. The van der Waals surface area contributed by atoms with E-state index in [1.165, 1.54) is 0 Å². The van der Waals surface area contributed by atoms with E-state index in [0.29, 0.717) is 23.7 Å². The molecule has 0 aliphatic carbocycles. The fraction of sp³-hybridized carbons (Fsp3) is 0.385. The average Bonchev–Trinajstić information content (AvgIpc) is 2.37. The minimum atomic E-state index is -0.205. The van der Waals surface area contributed by atoms with Crippen molar-refractivity contribution < 1.29 is 14.2 Å². The van der Waals surface area contributed by atoms with Gasteiger partial charge < -0.3 is 19.9 Å². The first-order valence-electron chi connectivity index (χ1n) is 5.34. The lowest BCUT2D eigenvalue weighted by Crippen LogP contribution is -2.12. The molecule has 0 spiro atoms. The van der Waals surface area contributed by atoms with Crippen LogP contribution in [0.25, 0.3) is 0 Å². The van der Waals surface area contributed by atoms with Crippen LogP contribution in [0.3, 0.4) is 0 Å². The maximum Gasteiger partial charge on any atom is 0.131 e. The molecule has 4 nitrogen and oxygen atoms in total. The third kappa shape index (κ3) is 3.55. The SMILES string of the molecule is C=CC[C@@H](N)c1c(OC)cc(OC)cc1OC.Cl. The Morgan fingerprint density at radius 3 is 2.00 bits per heavy atom. The van der Waals surface area contributed by atoms with Crippen LogP contribution in [0.2, 0.25) is 0 Å². The second kappa shape index (κ2) is 7.84. The molecule has 0 unspecified atom stereocenters. The van der Waals surface area contributed by atoms with Gasteiger partial charge in [-0.15, -0.1) is 19.0 Å². The molecule has 0 heterocycles. The summed E-state index contributed by atoms with van der Waals surface area (Å²) in [6.07, 6.45) is 2.42. The molecule has 0 fully saturated rings.